The van der Waals surface area contributed by atoms with Crippen LogP contribution in [0.15, 0.2) is 146 Å². The maximum atomic E-state index is 14.3. The highest BCUT2D eigenvalue weighted by molar-refractivity contribution is 6.74. The van der Waals surface area contributed by atoms with Crippen LogP contribution in [0.5, 0.6) is 0 Å². The van der Waals surface area contributed by atoms with Gasteiger partial charge in [-0.3, -0.25) is 15.0 Å². The molecule has 6 saturated carbocycles. The van der Waals surface area contributed by atoms with E-state index < -0.39 is 58.0 Å². The molecule has 18 rings (SSSR count). The Bertz CT molecular complexity index is 5440. The normalized spacial score (nSPS) is 20.1. The third kappa shape index (κ3) is 22.0. The third-order valence-electron chi connectivity index (χ3n) is 31.6. The van der Waals surface area contributed by atoms with E-state index >= 15 is 0 Å². The Labute approximate surface area is 774 Å². The second kappa shape index (κ2) is 39.7. The fraction of sp³-hybridized carbons (Fsp3) is 0.532. The summed E-state index contributed by atoms with van der Waals surface area (Å²) in [6.45, 7) is 26.0. The molecule has 0 saturated heterocycles. The molecular formula is C109H131F12N3O6Si2. The van der Waals surface area contributed by atoms with Crippen molar-refractivity contribution in [2.75, 3.05) is 0 Å². The average molecular weight is 1860 g/mol. The Morgan fingerprint density at radius 2 is 0.644 bits per heavy atom. The first-order chi connectivity index (χ1) is 62.5. The first-order valence-corrected chi connectivity index (χ1v) is 54.0. The lowest BCUT2D eigenvalue weighted by Crippen LogP contribution is -2.46. The molecule has 0 aliphatic heterocycles. The predicted molar refractivity (Wildman–Crippen MR) is 500 cm³/mol. The number of hydrogen-bond acceptors (Lipinski definition) is 9. The minimum atomic E-state index is -4.38. The number of fused-ring (bicyclic) bond motifs is 3. The second-order valence-corrected chi connectivity index (χ2v) is 52.1. The minimum absolute atomic E-state index is 0.0260. The summed E-state index contributed by atoms with van der Waals surface area (Å²) >= 11 is 0. The van der Waals surface area contributed by atoms with Crippen molar-refractivity contribution in [3.63, 3.8) is 0 Å². The quantitative estimate of drug-likeness (QED) is 0.0568. The molecule has 3 heterocycles. The molecule has 710 valence electrons. The summed E-state index contributed by atoms with van der Waals surface area (Å²) in [7, 11) is -4.19. The maximum absolute atomic E-state index is 14.3. The molecule has 23 heteroatoms. The van der Waals surface area contributed by atoms with Gasteiger partial charge >= 0.3 is 18.5 Å². The summed E-state index contributed by atoms with van der Waals surface area (Å²) in [6, 6.07) is 34.9. The van der Waals surface area contributed by atoms with E-state index in [2.05, 4.69) is 74.7 Å². The predicted octanol–water partition coefficient (Wildman–Crippen LogP) is 31.4. The molecular weight excluding hydrogens is 1730 g/mol. The molecule has 9 nitrogen and oxygen atoms in total. The van der Waals surface area contributed by atoms with Crippen molar-refractivity contribution in [2.45, 2.75) is 352 Å². The maximum Gasteiger partial charge on any atom is 0.416 e. The van der Waals surface area contributed by atoms with Crippen LogP contribution in [0.25, 0.3) is 33.4 Å². The van der Waals surface area contributed by atoms with Crippen LogP contribution in [-0.4, -0.2) is 41.8 Å². The Balaban J connectivity index is 0.000000143. The molecule has 3 unspecified atom stereocenters. The van der Waals surface area contributed by atoms with Crippen LogP contribution in [0.4, 0.5) is 52.7 Å². The highest BCUT2D eigenvalue weighted by atomic mass is 28.4. The molecule has 9 aromatic rings. The van der Waals surface area contributed by atoms with Gasteiger partial charge in [-0.1, -0.05) is 179 Å². The van der Waals surface area contributed by atoms with E-state index in [0.717, 1.165) is 212 Å². The fourth-order valence-electron chi connectivity index (χ4n) is 21.8. The van der Waals surface area contributed by atoms with Gasteiger partial charge in [0.2, 0.25) is 0 Å². The SMILES string of the molecule is CC(C)(C)[Si](C)(C)OC1CC2(CCC2)Cc2nc(C3CCCC3)c(COCc3ccc(C(F)(F)F)cc3)c(-c3ccc(F)cc3)c21.CCc1c(C2CCCC2)nc2c(c1-c1ccc(F)cc1)C(O[Si](C)(C)C(C)(C)C)CC1(CCC1)C2.OC1CC2(CCC2)Cc2nc(C3CCCC3)c(COCc3ccc(C(F)(F)F)cc3)c(-c3ccc(F)cc3)c21.OCc1ccc(C(F)(F)F)cc1. The van der Waals surface area contributed by atoms with Crippen LogP contribution >= 0.6 is 0 Å². The summed E-state index contributed by atoms with van der Waals surface area (Å²) in [5.74, 6) is 0.377. The van der Waals surface area contributed by atoms with Gasteiger partial charge < -0.3 is 28.5 Å². The second-order valence-electron chi connectivity index (χ2n) is 42.6. The lowest BCUT2D eigenvalue weighted by atomic mass is 9.59. The lowest BCUT2D eigenvalue weighted by Gasteiger charge is -2.51. The number of halogens is 12. The van der Waals surface area contributed by atoms with E-state index in [4.69, 9.17) is 38.4 Å². The van der Waals surface area contributed by atoms with Gasteiger partial charge in [0.15, 0.2) is 16.6 Å². The summed E-state index contributed by atoms with van der Waals surface area (Å²) < 4.78 is 184. The average Bonchev–Trinajstić information content (AvgIpc) is 0.921. The zero-order valence-corrected chi connectivity index (χ0v) is 80.6. The zero-order chi connectivity index (χ0) is 94.3. The molecule has 9 aliphatic rings. The molecule has 3 aromatic heterocycles. The van der Waals surface area contributed by atoms with E-state index in [1.807, 2.05) is 24.3 Å². The van der Waals surface area contributed by atoms with Gasteiger partial charge in [0.1, 0.15) is 17.5 Å². The van der Waals surface area contributed by atoms with E-state index in [9.17, 15) is 57.8 Å². The molecule has 0 radical (unpaired) electrons. The van der Waals surface area contributed by atoms with Crippen LogP contribution in [0.3, 0.4) is 0 Å². The minimum Gasteiger partial charge on any atom is -0.410 e. The Morgan fingerprint density at radius 1 is 0.364 bits per heavy atom. The third-order valence-corrected chi connectivity index (χ3v) is 40.5. The Kier molecular flexibility index (Phi) is 29.6. The number of nitrogens with zero attached hydrogens (tertiary/aromatic N) is 3. The summed E-state index contributed by atoms with van der Waals surface area (Å²) in [5, 5.41) is 20.2. The highest BCUT2D eigenvalue weighted by Gasteiger charge is 2.53. The number of aliphatic hydroxyl groups is 2. The lowest BCUT2D eigenvalue weighted by molar-refractivity contribution is -0.138. The van der Waals surface area contributed by atoms with Gasteiger partial charge in [-0.25, -0.2) is 13.2 Å². The van der Waals surface area contributed by atoms with E-state index in [1.54, 1.807) is 24.3 Å². The number of benzene rings is 6. The molecule has 2 N–H and O–H groups in total. The van der Waals surface area contributed by atoms with Crippen LogP contribution in [0, 0.1) is 33.7 Å². The van der Waals surface area contributed by atoms with Gasteiger partial charge in [-0.15, -0.1) is 0 Å². The van der Waals surface area contributed by atoms with Gasteiger partial charge in [0, 0.05) is 79.7 Å². The number of pyridine rings is 3. The molecule has 6 aromatic carbocycles. The van der Waals surface area contributed by atoms with E-state index in [0.29, 0.717) is 40.4 Å². The zero-order valence-electron chi connectivity index (χ0n) is 78.6. The monoisotopic (exact) mass is 1860 g/mol. The van der Waals surface area contributed by atoms with Crippen molar-refractivity contribution in [2.24, 2.45) is 16.2 Å². The van der Waals surface area contributed by atoms with E-state index in [-0.39, 0.29) is 89.5 Å². The molecule has 6 fully saturated rings. The summed E-state index contributed by atoms with van der Waals surface area (Å²) in [6.07, 6.45) is 17.6. The molecule has 0 amide bonds. The summed E-state index contributed by atoms with van der Waals surface area (Å²) in [5.41, 5.74) is 19.9. The topological polar surface area (TPSA) is 116 Å². The molecule has 9 aliphatic carbocycles. The number of aliphatic hydroxyl groups excluding tert-OH is 2. The van der Waals surface area contributed by atoms with Crippen LogP contribution in [-0.2, 0) is 95.6 Å². The highest BCUT2D eigenvalue weighted by Crippen LogP contribution is 2.62. The largest absolute Gasteiger partial charge is 0.416 e. The molecule has 3 atom stereocenters. The first kappa shape index (κ1) is 98.6. The smallest absolute Gasteiger partial charge is 0.410 e. The Morgan fingerprint density at radius 3 is 0.924 bits per heavy atom. The van der Waals surface area contributed by atoms with Gasteiger partial charge in [-0.05, 0) is 303 Å². The number of hydrogen-bond donors (Lipinski definition) is 2. The summed E-state index contributed by atoms with van der Waals surface area (Å²) in [4.78, 5) is 16.3. The van der Waals surface area contributed by atoms with E-state index in [1.165, 1.54) is 159 Å². The standard InChI is InChI=1S/C38H47F4NO2Si.C32H33F4NO2.C31H44FNOSi.C8H7F3O/c1-36(2,3)46(4,5)45-32-22-37(19-8-20-37)21-31-34(32)33(26-13-17-29(39)18-14-26)30(35(43-31)27-9-6-7-10-27)24-44-23-25-11-15-28(16-12-25)38(40,41)42;33-24-12-8-21(9-13-24)28-25(19-39-18-20-6-10-23(11-7-20)32(34,35)36)30(22-4-1-2-5-22)37-26-16-31(14-3-15-31)17-27(38)29(26)28;1-7-24-27(21-13-15-23(32)16-14-21)28-25(33-29(24)22-11-8-9-12-22)19-31(17-10-18-31)20-26(28)34-35(5,6)30(2,3)4;9-8(10,11)7-3-1-6(5-12)2-4-7/h11-18,27,32H,6-10,19-24H2,1-5H3;6-13,22,27,38H,1-5,14-19H2;13-16,22,26H,7-12,17-20H2,1-6H3;1-4,12H,5H2. The molecule has 3 spiro atoms. The van der Waals surface area contributed by atoms with Crippen molar-refractivity contribution >= 4 is 16.6 Å². The molecule has 0 bridgehead atoms. The number of alkyl halides is 9. The van der Waals surface area contributed by atoms with Gasteiger partial charge in [0.25, 0.3) is 0 Å². The van der Waals surface area contributed by atoms with Crippen molar-refractivity contribution in [1.82, 2.24) is 15.0 Å². The van der Waals surface area contributed by atoms with Crippen molar-refractivity contribution in [1.29, 1.82) is 0 Å². The van der Waals surface area contributed by atoms with Crippen molar-refractivity contribution in [3.8, 4) is 33.4 Å². The Hall–Kier alpha value is -7.88. The number of aromatic nitrogens is 3. The number of ether oxygens (including phenoxy) is 2. The van der Waals surface area contributed by atoms with Crippen LogP contribution < -0.4 is 0 Å². The van der Waals surface area contributed by atoms with Crippen molar-refractivity contribution in [3.05, 3.63) is 264 Å². The van der Waals surface area contributed by atoms with Gasteiger partial charge in [0.05, 0.1) is 68.0 Å². The fourth-order valence-corrected chi connectivity index (χ4v) is 24.4. The van der Waals surface area contributed by atoms with Crippen LogP contribution in [0.1, 0.15) is 340 Å². The first-order valence-electron chi connectivity index (χ1n) is 48.2. The van der Waals surface area contributed by atoms with Crippen LogP contribution in [0.2, 0.25) is 36.3 Å². The van der Waals surface area contributed by atoms with Gasteiger partial charge in [-0.2, -0.15) is 39.5 Å². The number of rotatable bonds is 20. The van der Waals surface area contributed by atoms with Crippen molar-refractivity contribution < 1.29 is 81.2 Å². The molecule has 132 heavy (non-hydrogen) atoms.